The van der Waals surface area contributed by atoms with Crippen LogP contribution in [-0.2, 0) is 14.4 Å². The number of aliphatic hydroxyl groups excluding tert-OH is 1. The van der Waals surface area contributed by atoms with E-state index in [-0.39, 0.29) is 37.0 Å². The molecule has 4 heteroatoms. The summed E-state index contributed by atoms with van der Waals surface area (Å²) in [6, 6.07) is 0. The van der Waals surface area contributed by atoms with Gasteiger partial charge in [0.05, 0.1) is 5.41 Å². The molecule has 0 unspecified atom stereocenters. The van der Waals surface area contributed by atoms with E-state index < -0.39 is 28.2 Å². The van der Waals surface area contributed by atoms with E-state index in [1.807, 2.05) is 0 Å². The molecule has 2 aliphatic carbocycles. The van der Waals surface area contributed by atoms with E-state index in [4.69, 9.17) is 0 Å². The number of allylic oxidation sites excluding steroid dienone is 5. The van der Waals surface area contributed by atoms with Crippen LogP contribution in [0.3, 0.4) is 0 Å². The number of hydrogen-bond donors (Lipinski definition) is 1. The smallest absolute Gasteiger partial charge is 0.183 e. The molecule has 1 saturated carbocycles. The van der Waals surface area contributed by atoms with Crippen molar-refractivity contribution in [2.45, 2.75) is 32.6 Å². The molecule has 0 aliphatic heterocycles. The molecule has 2 rings (SSSR count). The lowest BCUT2D eigenvalue weighted by Gasteiger charge is -2.48. The first kappa shape index (κ1) is 16.1. The summed E-state index contributed by atoms with van der Waals surface area (Å²) in [6.45, 7) is 12.4. The lowest BCUT2D eigenvalue weighted by molar-refractivity contribution is -0.156. The summed E-state index contributed by atoms with van der Waals surface area (Å²) in [5, 5.41) is 10.6. The van der Waals surface area contributed by atoms with Gasteiger partial charge in [-0.1, -0.05) is 24.3 Å². The van der Waals surface area contributed by atoms with Gasteiger partial charge in [0.25, 0.3) is 0 Å². The van der Waals surface area contributed by atoms with Crippen molar-refractivity contribution in [1.29, 1.82) is 0 Å². The molecular weight excluding hydrogens is 280 g/mol. The van der Waals surface area contributed by atoms with Crippen LogP contribution in [0.4, 0.5) is 0 Å². The highest BCUT2D eigenvalue weighted by atomic mass is 16.3. The van der Waals surface area contributed by atoms with Crippen LogP contribution < -0.4 is 0 Å². The molecule has 0 aromatic heterocycles. The Labute approximate surface area is 129 Å². The topological polar surface area (TPSA) is 71.4 Å². The second kappa shape index (κ2) is 5.20. The zero-order valence-electron chi connectivity index (χ0n) is 12.8. The number of hydrogen-bond acceptors (Lipinski definition) is 4. The molecule has 4 nitrogen and oxygen atoms in total. The number of fused-ring (bicyclic) bond motifs is 2. The maximum atomic E-state index is 13.0. The van der Waals surface area contributed by atoms with Gasteiger partial charge < -0.3 is 5.11 Å². The molecule has 0 amide bonds. The number of carbonyl (C=O) groups is 3. The van der Waals surface area contributed by atoms with Crippen molar-refractivity contribution in [2.75, 3.05) is 0 Å². The van der Waals surface area contributed by atoms with Gasteiger partial charge in [-0.25, -0.2) is 0 Å². The Bertz CT molecular complexity index is 652. The SMILES string of the molecule is C=CCC1=C(O)[C@]2(CC=C)CC(=C)C[C@](C(C)=O)(C1=O)C2=O. The van der Waals surface area contributed by atoms with Gasteiger partial charge in [0.1, 0.15) is 5.76 Å². The Kier molecular flexibility index (Phi) is 3.81. The molecule has 22 heavy (non-hydrogen) atoms. The Hall–Kier alpha value is -2.23. The Morgan fingerprint density at radius 3 is 2.41 bits per heavy atom. The summed E-state index contributed by atoms with van der Waals surface area (Å²) in [7, 11) is 0. The largest absolute Gasteiger partial charge is 0.511 e. The molecule has 0 spiro atoms. The number of Topliss-reactive ketones (excluding diaryl/α,β-unsaturated/α-hetero) is 3. The first-order chi connectivity index (χ1) is 10.3. The molecule has 1 fully saturated rings. The first-order valence-electron chi connectivity index (χ1n) is 7.19. The minimum atomic E-state index is -1.75. The van der Waals surface area contributed by atoms with Crippen LogP contribution in [0.5, 0.6) is 0 Å². The second-order valence-electron chi connectivity index (χ2n) is 6.12. The summed E-state index contributed by atoms with van der Waals surface area (Å²) in [6.07, 6.45) is 3.55. The molecule has 2 aliphatic rings. The Morgan fingerprint density at radius 2 is 1.91 bits per heavy atom. The first-order valence-corrected chi connectivity index (χ1v) is 7.19. The molecule has 2 bridgehead atoms. The third-order valence-electron chi connectivity index (χ3n) is 4.73. The molecule has 0 aromatic rings. The summed E-state index contributed by atoms with van der Waals surface area (Å²) < 4.78 is 0. The highest BCUT2D eigenvalue weighted by Crippen LogP contribution is 2.56. The maximum Gasteiger partial charge on any atom is 0.183 e. The van der Waals surface area contributed by atoms with Crippen molar-refractivity contribution >= 4 is 17.3 Å². The normalized spacial score (nSPS) is 31.2. The molecule has 0 radical (unpaired) electrons. The van der Waals surface area contributed by atoms with Gasteiger partial charge in [-0.3, -0.25) is 14.4 Å². The van der Waals surface area contributed by atoms with Crippen LogP contribution in [-0.4, -0.2) is 22.5 Å². The van der Waals surface area contributed by atoms with E-state index in [1.165, 1.54) is 19.1 Å². The van der Waals surface area contributed by atoms with Gasteiger partial charge in [-0.2, -0.15) is 0 Å². The van der Waals surface area contributed by atoms with Crippen molar-refractivity contribution in [3.8, 4) is 0 Å². The van der Waals surface area contributed by atoms with E-state index in [2.05, 4.69) is 19.7 Å². The number of ketones is 3. The average Bonchev–Trinajstić information content (AvgIpc) is 2.45. The predicted molar refractivity (Wildman–Crippen MR) is 83.2 cm³/mol. The summed E-state index contributed by atoms with van der Waals surface area (Å²) in [5.41, 5.74) is -2.31. The van der Waals surface area contributed by atoms with Crippen LogP contribution in [0, 0.1) is 10.8 Å². The van der Waals surface area contributed by atoms with Crippen molar-refractivity contribution in [3.05, 3.63) is 48.8 Å². The Balaban J connectivity index is 2.85. The van der Waals surface area contributed by atoms with Crippen molar-refractivity contribution in [2.24, 2.45) is 10.8 Å². The zero-order chi connectivity index (χ0) is 16.7. The van der Waals surface area contributed by atoms with Crippen LogP contribution >= 0.6 is 0 Å². The van der Waals surface area contributed by atoms with Crippen molar-refractivity contribution in [1.82, 2.24) is 0 Å². The minimum Gasteiger partial charge on any atom is -0.511 e. The van der Waals surface area contributed by atoms with E-state index in [0.717, 1.165) is 0 Å². The van der Waals surface area contributed by atoms with Crippen LogP contribution in [0.2, 0.25) is 0 Å². The zero-order valence-corrected chi connectivity index (χ0v) is 12.8. The second-order valence-corrected chi connectivity index (χ2v) is 6.12. The summed E-state index contributed by atoms with van der Waals surface area (Å²) >= 11 is 0. The molecule has 0 aromatic carbocycles. The van der Waals surface area contributed by atoms with Gasteiger partial charge in [-0.05, 0) is 32.6 Å². The highest BCUT2D eigenvalue weighted by molar-refractivity contribution is 6.32. The molecule has 2 atom stereocenters. The van der Waals surface area contributed by atoms with E-state index in [0.29, 0.717) is 5.57 Å². The summed E-state index contributed by atoms with van der Waals surface area (Å²) in [4.78, 5) is 38.1. The summed E-state index contributed by atoms with van der Waals surface area (Å²) in [5.74, 6) is -1.87. The van der Waals surface area contributed by atoms with Crippen molar-refractivity contribution in [3.63, 3.8) is 0 Å². The van der Waals surface area contributed by atoms with E-state index >= 15 is 0 Å². The molecule has 0 heterocycles. The molecule has 1 N–H and O–H groups in total. The quantitative estimate of drug-likeness (QED) is 0.626. The lowest BCUT2D eigenvalue weighted by atomic mass is 9.50. The molecule has 0 saturated heterocycles. The van der Waals surface area contributed by atoms with Gasteiger partial charge in [0.15, 0.2) is 22.8 Å². The van der Waals surface area contributed by atoms with Gasteiger partial charge in [0.2, 0.25) is 0 Å². The Morgan fingerprint density at radius 1 is 1.27 bits per heavy atom. The fourth-order valence-electron chi connectivity index (χ4n) is 3.75. The average molecular weight is 300 g/mol. The number of rotatable bonds is 5. The standard InChI is InChI=1S/C18H20O4/c1-5-7-13-14(20)17(8-6-2)9-11(3)10-18(12(4)19,15(13)21)16(17)22/h5-6,20H,1-3,7-10H2,4H3/t17-,18-/m0/s1. The van der Waals surface area contributed by atoms with Crippen LogP contribution in [0.25, 0.3) is 0 Å². The molecule has 116 valence electrons. The fourth-order valence-corrected chi connectivity index (χ4v) is 3.75. The van der Waals surface area contributed by atoms with E-state index in [1.54, 1.807) is 0 Å². The maximum absolute atomic E-state index is 13.0. The fraction of sp³-hybridized carbons (Fsp3) is 0.389. The molecular formula is C18H20O4. The highest BCUT2D eigenvalue weighted by Gasteiger charge is 2.66. The number of aliphatic hydroxyl groups is 1. The van der Waals surface area contributed by atoms with Crippen LogP contribution in [0.15, 0.2) is 48.8 Å². The van der Waals surface area contributed by atoms with Gasteiger partial charge >= 0.3 is 0 Å². The van der Waals surface area contributed by atoms with Crippen LogP contribution in [0.1, 0.15) is 32.6 Å². The van der Waals surface area contributed by atoms with Gasteiger partial charge in [-0.15, -0.1) is 13.2 Å². The minimum absolute atomic E-state index is 0.0207. The van der Waals surface area contributed by atoms with Crippen molar-refractivity contribution < 1.29 is 19.5 Å². The predicted octanol–water partition coefficient (Wildman–Crippen LogP) is 3.01. The van der Waals surface area contributed by atoms with E-state index in [9.17, 15) is 19.5 Å². The monoisotopic (exact) mass is 300 g/mol. The third-order valence-corrected chi connectivity index (χ3v) is 4.73. The lowest BCUT2D eigenvalue weighted by Crippen LogP contribution is -2.60. The third kappa shape index (κ3) is 1.79. The van der Waals surface area contributed by atoms with Gasteiger partial charge in [0, 0.05) is 5.57 Å². The number of carbonyl (C=O) groups excluding carboxylic acids is 3.